The number of rotatable bonds is 3. The summed E-state index contributed by atoms with van der Waals surface area (Å²) in [7, 11) is 0. The molecule has 0 amide bonds. The summed E-state index contributed by atoms with van der Waals surface area (Å²) in [5, 5.41) is 0.830. The predicted octanol–water partition coefficient (Wildman–Crippen LogP) is 6.00. The van der Waals surface area contributed by atoms with Gasteiger partial charge in [0.25, 0.3) is 0 Å². The molecule has 0 radical (unpaired) electrons. The predicted molar refractivity (Wildman–Crippen MR) is 87.5 cm³/mol. The Labute approximate surface area is 128 Å². The van der Waals surface area contributed by atoms with Crippen LogP contribution < -0.4 is 0 Å². The smallest absolute Gasteiger partial charge is 0.0661 e. The minimum absolute atomic E-state index is 0.149. The van der Waals surface area contributed by atoms with Crippen LogP contribution >= 0.6 is 27.5 Å². The van der Waals surface area contributed by atoms with E-state index in [2.05, 4.69) is 73.1 Å². The van der Waals surface area contributed by atoms with Crippen molar-refractivity contribution >= 4 is 27.5 Å². The molecule has 0 nitrogen and oxygen atoms in total. The van der Waals surface area contributed by atoms with E-state index < -0.39 is 0 Å². The van der Waals surface area contributed by atoms with Gasteiger partial charge in [0.1, 0.15) is 0 Å². The molecule has 0 saturated carbocycles. The zero-order valence-corrected chi connectivity index (χ0v) is 13.8. The van der Waals surface area contributed by atoms with E-state index in [0.29, 0.717) is 0 Å². The maximum absolute atomic E-state index is 6.41. The lowest BCUT2D eigenvalue weighted by atomic mass is 9.96. The largest absolute Gasteiger partial charge is 0.0840 e. The van der Waals surface area contributed by atoms with Crippen molar-refractivity contribution in [2.75, 3.05) is 0 Å². The fraction of sp³-hybridized carbons (Fsp3) is 0.294. The number of hydrogen-bond donors (Lipinski definition) is 0. The van der Waals surface area contributed by atoms with E-state index in [1.54, 1.807) is 0 Å². The molecule has 1 unspecified atom stereocenters. The van der Waals surface area contributed by atoms with Crippen molar-refractivity contribution in [1.82, 2.24) is 0 Å². The summed E-state index contributed by atoms with van der Waals surface area (Å²) in [6.07, 6.45) is 1.03. The molecule has 0 heterocycles. The monoisotopic (exact) mass is 336 g/mol. The molecule has 0 bridgehead atoms. The lowest BCUT2D eigenvalue weighted by Crippen LogP contribution is -2.00. The number of aryl methyl sites for hydroxylation is 3. The Bertz CT molecular complexity index is 590. The van der Waals surface area contributed by atoms with Gasteiger partial charge < -0.3 is 0 Å². The van der Waals surface area contributed by atoms with Crippen LogP contribution in [0.3, 0.4) is 0 Å². The highest BCUT2D eigenvalue weighted by Gasteiger charge is 2.17. The second-order valence-electron chi connectivity index (χ2n) is 4.87. The molecule has 0 aliphatic rings. The van der Waals surface area contributed by atoms with E-state index >= 15 is 0 Å². The summed E-state index contributed by atoms with van der Waals surface area (Å²) >= 11 is 10.2. The van der Waals surface area contributed by atoms with Crippen LogP contribution in [0.5, 0.6) is 0 Å². The van der Waals surface area contributed by atoms with Crippen LogP contribution in [-0.2, 0) is 6.42 Å². The third-order valence-electron chi connectivity index (χ3n) is 3.60. The zero-order chi connectivity index (χ0) is 14.0. The molecule has 100 valence electrons. The lowest BCUT2D eigenvalue weighted by molar-refractivity contribution is 1.05. The Morgan fingerprint density at radius 1 is 1.05 bits per heavy atom. The number of benzene rings is 2. The van der Waals surface area contributed by atoms with Crippen LogP contribution in [0.1, 0.15) is 39.6 Å². The Hall–Kier alpha value is -0.790. The first-order valence-corrected chi connectivity index (χ1v) is 7.82. The molecule has 2 heteroatoms. The number of alkyl halides is 1. The standard InChI is InChI=1S/C17H18BrCl/c1-4-13-7-5-6-8-14(13)17(18)15-9-11(2)12(3)10-16(15)19/h5-10,17H,4H2,1-3H3. The molecule has 19 heavy (non-hydrogen) atoms. The van der Waals surface area contributed by atoms with Crippen molar-refractivity contribution in [2.45, 2.75) is 32.0 Å². The van der Waals surface area contributed by atoms with Crippen molar-refractivity contribution in [3.8, 4) is 0 Å². The highest BCUT2D eigenvalue weighted by Crippen LogP contribution is 2.38. The maximum atomic E-state index is 6.41. The first-order valence-electron chi connectivity index (χ1n) is 6.53. The van der Waals surface area contributed by atoms with Crippen LogP contribution in [0.2, 0.25) is 5.02 Å². The third kappa shape index (κ3) is 3.04. The second kappa shape index (κ2) is 6.11. The van der Waals surface area contributed by atoms with Crippen LogP contribution in [-0.4, -0.2) is 0 Å². The van der Waals surface area contributed by atoms with Crippen LogP contribution in [0, 0.1) is 13.8 Å². The van der Waals surface area contributed by atoms with Gasteiger partial charge in [0, 0.05) is 5.02 Å². The third-order valence-corrected chi connectivity index (χ3v) is 4.91. The van der Waals surface area contributed by atoms with Gasteiger partial charge in [-0.2, -0.15) is 0 Å². The van der Waals surface area contributed by atoms with E-state index in [1.807, 2.05) is 0 Å². The molecule has 2 aromatic rings. The topological polar surface area (TPSA) is 0 Å². The van der Waals surface area contributed by atoms with E-state index in [4.69, 9.17) is 11.6 Å². The quantitative estimate of drug-likeness (QED) is 0.602. The zero-order valence-electron chi connectivity index (χ0n) is 11.5. The molecule has 0 aliphatic heterocycles. The summed E-state index contributed by atoms with van der Waals surface area (Å²) in [6, 6.07) is 12.8. The minimum atomic E-state index is 0.149. The molecule has 0 N–H and O–H groups in total. The summed E-state index contributed by atoms with van der Waals surface area (Å²) in [6.45, 7) is 6.40. The first-order chi connectivity index (χ1) is 9.04. The minimum Gasteiger partial charge on any atom is -0.0840 e. The van der Waals surface area contributed by atoms with Gasteiger partial charge in [0.2, 0.25) is 0 Å². The molecule has 1 atom stereocenters. The van der Waals surface area contributed by atoms with Crippen LogP contribution in [0.25, 0.3) is 0 Å². The Balaban J connectivity index is 2.50. The molecule has 0 saturated heterocycles. The van der Waals surface area contributed by atoms with E-state index in [9.17, 15) is 0 Å². The molecule has 2 rings (SSSR count). The average molecular weight is 338 g/mol. The summed E-state index contributed by atoms with van der Waals surface area (Å²) < 4.78 is 0. The van der Waals surface area contributed by atoms with Gasteiger partial charge in [-0.3, -0.25) is 0 Å². The molecule has 0 aromatic heterocycles. The molecule has 0 spiro atoms. The van der Waals surface area contributed by atoms with Crippen molar-refractivity contribution in [1.29, 1.82) is 0 Å². The Kier molecular flexibility index (Phi) is 4.70. The van der Waals surface area contributed by atoms with E-state index in [-0.39, 0.29) is 4.83 Å². The summed E-state index contributed by atoms with van der Waals surface area (Å²) in [5.74, 6) is 0. The Morgan fingerprint density at radius 2 is 1.68 bits per heavy atom. The van der Waals surface area contributed by atoms with Gasteiger partial charge in [0.05, 0.1) is 4.83 Å². The lowest BCUT2D eigenvalue weighted by Gasteiger charge is -2.17. The van der Waals surface area contributed by atoms with Crippen LogP contribution in [0.15, 0.2) is 36.4 Å². The normalized spacial score (nSPS) is 12.5. The maximum Gasteiger partial charge on any atom is 0.0661 e. The van der Waals surface area contributed by atoms with Crippen molar-refractivity contribution < 1.29 is 0 Å². The van der Waals surface area contributed by atoms with Crippen LogP contribution in [0.4, 0.5) is 0 Å². The van der Waals surface area contributed by atoms with Gasteiger partial charge in [-0.15, -0.1) is 0 Å². The highest BCUT2D eigenvalue weighted by atomic mass is 79.9. The van der Waals surface area contributed by atoms with Gasteiger partial charge in [-0.05, 0) is 54.2 Å². The molecular formula is C17H18BrCl. The molecule has 2 aromatic carbocycles. The fourth-order valence-electron chi connectivity index (χ4n) is 2.27. The fourth-order valence-corrected chi connectivity index (χ4v) is 3.55. The van der Waals surface area contributed by atoms with Gasteiger partial charge in [0.15, 0.2) is 0 Å². The SMILES string of the molecule is CCc1ccccc1C(Br)c1cc(C)c(C)cc1Cl. The van der Waals surface area contributed by atoms with Crippen molar-refractivity contribution in [3.63, 3.8) is 0 Å². The van der Waals surface area contributed by atoms with Gasteiger partial charge >= 0.3 is 0 Å². The average Bonchev–Trinajstić information content (AvgIpc) is 2.42. The molecule has 0 aliphatic carbocycles. The van der Waals surface area contributed by atoms with Gasteiger partial charge in [-0.25, -0.2) is 0 Å². The molecular weight excluding hydrogens is 320 g/mol. The molecule has 0 fully saturated rings. The van der Waals surface area contributed by atoms with Crippen molar-refractivity contribution in [3.05, 3.63) is 69.2 Å². The summed E-state index contributed by atoms with van der Waals surface area (Å²) in [5.41, 5.74) is 6.31. The number of hydrogen-bond acceptors (Lipinski definition) is 0. The first kappa shape index (κ1) is 14.6. The second-order valence-corrected chi connectivity index (χ2v) is 6.20. The highest BCUT2D eigenvalue weighted by molar-refractivity contribution is 9.09. The Morgan fingerprint density at radius 3 is 2.37 bits per heavy atom. The summed E-state index contributed by atoms with van der Waals surface area (Å²) in [4.78, 5) is 0.149. The van der Waals surface area contributed by atoms with E-state index in [0.717, 1.165) is 17.0 Å². The van der Waals surface area contributed by atoms with Crippen molar-refractivity contribution in [2.24, 2.45) is 0 Å². The van der Waals surface area contributed by atoms with E-state index in [1.165, 1.54) is 22.3 Å². The number of halogens is 2. The van der Waals surface area contributed by atoms with Gasteiger partial charge in [-0.1, -0.05) is 64.8 Å².